The normalized spacial score (nSPS) is 10.7. The first-order valence-corrected chi connectivity index (χ1v) is 5.48. The van der Waals surface area contributed by atoms with E-state index in [1.165, 1.54) is 6.07 Å². The summed E-state index contributed by atoms with van der Waals surface area (Å²) in [7, 11) is 0. The number of carboxylic acids is 1. The summed E-state index contributed by atoms with van der Waals surface area (Å²) >= 11 is 5.82. The van der Waals surface area contributed by atoms with Crippen LogP contribution in [0.25, 0.3) is 10.9 Å². The van der Waals surface area contributed by atoms with E-state index >= 15 is 0 Å². The second-order valence-electron chi connectivity index (χ2n) is 3.65. The second kappa shape index (κ2) is 4.66. The van der Waals surface area contributed by atoms with Crippen molar-refractivity contribution >= 4 is 28.5 Å². The molecule has 6 nitrogen and oxygen atoms in total. The molecule has 0 saturated carbocycles. The topological polar surface area (TPSA) is 92.4 Å². The highest BCUT2D eigenvalue weighted by molar-refractivity contribution is 6.28. The molecule has 1 aromatic heterocycles. The maximum Gasteiger partial charge on any atom is 0.305 e. The zero-order chi connectivity index (χ0) is 13.3. The largest absolute Gasteiger partial charge is 0.507 e. The second-order valence-corrected chi connectivity index (χ2v) is 3.99. The quantitative estimate of drug-likeness (QED) is 0.817. The Hall–Kier alpha value is -2.08. The Balaban J connectivity index is 2.64. The average Bonchev–Trinajstić information content (AvgIpc) is 2.27. The first-order chi connectivity index (χ1) is 8.50. The summed E-state index contributed by atoms with van der Waals surface area (Å²) in [6.45, 7) is -0.0930. The molecular formula is C11H9ClN2O4. The Morgan fingerprint density at radius 1 is 1.44 bits per heavy atom. The molecule has 0 aliphatic rings. The minimum Gasteiger partial charge on any atom is -0.507 e. The summed E-state index contributed by atoms with van der Waals surface area (Å²) in [4.78, 5) is 26.5. The van der Waals surface area contributed by atoms with E-state index in [4.69, 9.17) is 16.7 Å². The Labute approximate surface area is 106 Å². The number of aromatic hydroxyl groups is 1. The summed E-state index contributed by atoms with van der Waals surface area (Å²) in [5, 5.41) is 18.2. The Kier molecular flexibility index (Phi) is 3.20. The molecule has 2 aromatic rings. The van der Waals surface area contributed by atoms with Gasteiger partial charge in [-0.15, -0.1) is 0 Å². The molecule has 0 aliphatic heterocycles. The first-order valence-electron chi connectivity index (χ1n) is 5.10. The third kappa shape index (κ3) is 2.14. The number of fused-ring (bicyclic) bond motifs is 1. The van der Waals surface area contributed by atoms with Crippen molar-refractivity contribution in [2.75, 3.05) is 0 Å². The van der Waals surface area contributed by atoms with Gasteiger partial charge in [-0.2, -0.15) is 0 Å². The monoisotopic (exact) mass is 268 g/mol. The van der Waals surface area contributed by atoms with Gasteiger partial charge >= 0.3 is 5.97 Å². The zero-order valence-electron chi connectivity index (χ0n) is 9.13. The number of aliphatic carboxylic acids is 1. The Morgan fingerprint density at radius 3 is 2.83 bits per heavy atom. The molecule has 2 N–H and O–H groups in total. The SMILES string of the molecule is O=C(O)CCn1c(Cl)nc2cccc(O)c2c1=O. The van der Waals surface area contributed by atoms with E-state index in [1.807, 2.05) is 0 Å². The summed E-state index contributed by atoms with van der Waals surface area (Å²) in [6.07, 6.45) is -0.250. The van der Waals surface area contributed by atoms with Crippen LogP contribution < -0.4 is 5.56 Å². The third-order valence-electron chi connectivity index (χ3n) is 2.46. The van der Waals surface area contributed by atoms with Crippen LogP contribution in [0.15, 0.2) is 23.0 Å². The van der Waals surface area contributed by atoms with Crippen molar-refractivity contribution in [3.05, 3.63) is 33.8 Å². The molecule has 7 heteroatoms. The number of nitrogens with zero attached hydrogens (tertiary/aromatic N) is 2. The van der Waals surface area contributed by atoms with Gasteiger partial charge in [-0.05, 0) is 23.7 Å². The van der Waals surface area contributed by atoms with Crippen molar-refractivity contribution in [2.24, 2.45) is 0 Å². The van der Waals surface area contributed by atoms with E-state index < -0.39 is 11.5 Å². The van der Waals surface area contributed by atoms with Gasteiger partial charge in [-0.1, -0.05) is 6.07 Å². The van der Waals surface area contributed by atoms with Crippen molar-refractivity contribution in [3.8, 4) is 5.75 Å². The lowest BCUT2D eigenvalue weighted by atomic mass is 10.2. The van der Waals surface area contributed by atoms with Crippen LogP contribution in [0, 0.1) is 0 Å². The highest BCUT2D eigenvalue weighted by Gasteiger charge is 2.13. The van der Waals surface area contributed by atoms with Gasteiger partial charge in [0.2, 0.25) is 5.28 Å². The van der Waals surface area contributed by atoms with Crippen LogP contribution in [-0.4, -0.2) is 25.7 Å². The number of rotatable bonds is 3. The number of aromatic nitrogens is 2. The fourth-order valence-electron chi connectivity index (χ4n) is 1.62. The van der Waals surface area contributed by atoms with Crippen molar-refractivity contribution in [2.45, 2.75) is 13.0 Å². The minimum absolute atomic E-state index is 0.0345. The number of hydrogen-bond donors (Lipinski definition) is 2. The number of halogens is 1. The van der Waals surface area contributed by atoms with E-state index in [9.17, 15) is 14.7 Å². The molecule has 0 unspecified atom stereocenters. The summed E-state index contributed by atoms with van der Waals surface area (Å²) < 4.78 is 1.03. The van der Waals surface area contributed by atoms with Gasteiger partial charge in [-0.25, -0.2) is 4.98 Å². The van der Waals surface area contributed by atoms with Crippen LogP contribution in [0.2, 0.25) is 5.28 Å². The van der Waals surface area contributed by atoms with E-state index in [-0.39, 0.29) is 34.9 Å². The highest BCUT2D eigenvalue weighted by atomic mass is 35.5. The lowest BCUT2D eigenvalue weighted by molar-refractivity contribution is -0.137. The lowest BCUT2D eigenvalue weighted by Gasteiger charge is -2.08. The molecule has 0 radical (unpaired) electrons. The lowest BCUT2D eigenvalue weighted by Crippen LogP contribution is -2.23. The molecular weight excluding hydrogens is 260 g/mol. The number of phenolic OH excluding ortho intramolecular Hbond substituents is 1. The maximum absolute atomic E-state index is 12.1. The summed E-state index contributed by atoms with van der Waals surface area (Å²) in [5.41, 5.74) is -0.277. The molecule has 1 heterocycles. The van der Waals surface area contributed by atoms with Crippen molar-refractivity contribution in [1.82, 2.24) is 9.55 Å². The van der Waals surface area contributed by atoms with E-state index in [0.29, 0.717) is 0 Å². The molecule has 0 aliphatic carbocycles. The predicted octanol–water partition coefficient (Wildman–Crippen LogP) is 1.23. The van der Waals surface area contributed by atoms with E-state index in [0.717, 1.165) is 4.57 Å². The molecule has 94 valence electrons. The van der Waals surface area contributed by atoms with Gasteiger partial charge in [-0.3, -0.25) is 14.2 Å². The van der Waals surface area contributed by atoms with Crippen LogP contribution in [0.3, 0.4) is 0 Å². The molecule has 0 atom stereocenters. The predicted molar refractivity (Wildman–Crippen MR) is 64.9 cm³/mol. The van der Waals surface area contributed by atoms with Gasteiger partial charge in [0, 0.05) is 6.54 Å². The summed E-state index contributed by atoms with van der Waals surface area (Å²) in [6, 6.07) is 4.45. The molecule has 0 saturated heterocycles. The number of hydrogen-bond acceptors (Lipinski definition) is 4. The number of benzene rings is 1. The van der Waals surface area contributed by atoms with Gasteiger partial charge in [0.1, 0.15) is 11.1 Å². The van der Waals surface area contributed by atoms with Gasteiger partial charge in [0.25, 0.3) is 5.56 Å². The van der Waals surface area contributed by atoms with E-state index in [2.05, 4.69) is 4.98 Å². The smallest absolute Gasteiger partial charge is 0.305 e. The van der Waals surface area contributed by atoms with Gasteiger partial charge in [0.15, 0.2) is 0 Å². The Bertz CT molecular complexity index is 681. The molecule has 0 amide bonds. The molecule has 0 fully saturated rings. The van der Waals surface area contributed by atoms with Crippen LogP contribution in [0.5, 0.6) is 5.75 Å². The molecule has 18 heavy (non-hydrogen) atoms. The van der Waals surface area contributed by atoms with Crippen molar-refractivity contribution in [3.63, 3.8) is 0 Å². The molecule has 2 rings (SSSR count). The molecule has 0 spiro atoms. The summed E-state index contributed by atoms with van der Waals surface area (Å²) in [5.74, 6) is -1.25. The number of carboxylic acid groups (broad SMARTS) is 1. The molecule has 0 bridgehead atoms. The fourth-order valence-corrected chi connectivity index (χ4v) is 1.87. The van der Waals surface area contributed by atoms with Crippen molar-refractivity contribution < 1.29 is 15.0 Å². The number of carbonyl (C=O) groups is 1. The highest BCUT2D eigenvalue weighted by Crippen LogP contribution is 2.20. The van der Waals surface area contributed by atoms with Gasteiger partial charge in [0.05, 0.1) is 11.9 Å². The van der Waals surface area contributed by atoms with Crippen LogP contribution in [0.1, 0.15) is 6.42 Å². The maximum atomic E-state index is 12.1. The van der Waals surface area contributed by atoms with Crippen molar-refractivity contribution in [1.29, 1.82) is 0 Å². The standard InChI is InChI=1S/C11H9ClN2O4/c12-11-13-6-2-1-3-7(15)9(6)10(18)14(11)5-4-8(16)17/h1-3,15H,4-5H2,(H,16,17). The molecule has 1 aromatic carbocycles. The minimum atomic E-state index is -1.05. The zero-order valence-corrected chi connectivity index (χ0v) is 9.89. The van der Waals surface area contributed by atoms with E-state index in [1.54, 1.807) is 12.1 Å². The third-order valence-corrected chi connectivity index (χ3v) is 2.75. The van der Waals surface area contributed by atoms with Crippen LogP contribution >= 0.6 is 11.6 Å². The van der Waals surface area contributed by atoms with Gasteiger partial charge < -0.3 is 10.2 Å². The van der Waals surface area contributed by atoms with Crippen LogP contribution in [0.4, 0.5) is 0 Å². The fraction of sp³-hybridized carbons (Fsp3) is 0.182. The van der Waals surface area contributed by atoms with Crippen LogP contribution in [-0.2, 0) is 11.3 Å². The Morgan fingerprint density at radius 2 is 2.17 bits per heavy atom. The average molecular weight is 269 g/mol. The number of phenols is 1. The first kappa shape index (κ1) is 12.4.